The van der Waals surface area contributed by atoms with E-state index in [4.69, 9.17) is 0 Å². The summed E-state index contributed by atoms with van der Waals surface area (Å²) in [7, 11) is 0. The van der Waals surface area contributed by atoms with E-state index < -0.39 is 6.61 Å². The van der Waals surface area contributed by atoms with Gasteiger partial charge in [0.15, 0.2) is 0 Å². The number of hydrogen-bond acceptors (Lipinski definition) is 3. The first-order valence-electron chi connectivity index (χ1n) is 6.90. The standard InChI is InChI=1S/C15H16BrF2N3O2/c1-9-3-4-12(13(7-9)23-15(17)18)20-14(22)5-6-21-10(2)11(16)8-19-21/h3-4,7-8,15H,5-6H2,1-2H3,(H,20,22). The van der Waals surface area contributed by atoms with Crippen molar-refractivity contribution >= 4 is 27.5 Å². The maximum atomic E-state index is 12.4. The molecule has 0 unspecified atom stereocenters. The molecule has 0 fully saturated rings. The molecular formula is C15H16BrF2N3O2. The SMILES string of the molecule is Cc1ccc(NC(=O)CCn2ncc(Br)c2C)c(OC(F)F)c1. The number of nitrogens with one attached hydrogen (secondary N) is 1. The second kappa shape index (κ2) is 7.54. The Morgan fingerprint density at radius 3 is 2.78 bits per heavy atom. The smallest absolute Gasteiger partial charge is 0.387 e. The minimum Gasteiger partial charge on any atom is -0.433 e. The van der Waals surface area contributed by atoms with Gasteiger partial charge in [-0.3, -0.25) is 9.48 Å². The van der Waals surface area contributed by atoms with E-state index in [1.807, 2.05) is 6.92 Å². The molecule has 124 valence electrons. The van der Waals surface area contributed by atoms with Crippen molar-refractivity contribution in [3.63, 3.8) is 0 Å². The van der Waals surface area contributed by atoms with E-state index in [2.05, 4.69) is 31.1 Å². The zero-order valence-corrected chi connectivity index (χ0v) is 14.2. The Bertz CT molecular complexity index is 704. The Labute approximate surface area is 140 Å². The van der Waals surface area contributed by atoms with Crippen LogP contribution in [0.15, 0.2) is 28.9 Å². The monoisotopic (exact) mass is 387 g/mol. The molecule has 0 spiro atoms. The maximum Gasteiger partial charge on any atom is 0.387 e. The molecule has 0 atom stereocenters. The van der Waals surface area contributed by atoms with Crippen LogP contribution in [0.1, 0.15) is 17.7 Å². The Morgan fingerprint density at radius 2 is 2.17 bits per heavy atom. The van der Waals surface area contributed by atoms with Gasteiger partial charge in [0.05, 0.1) is 22.9 Å². The van der Waals surface area contributed by atoms with Crippen molar-refractivity contribution in [3.05, 3.63) is 40.1 Å². The molecule has 2 rings (SSSR count). The number of nitrogens with zero attached hydrogens (tertiary/aromatic N) is 2. The van der Waals surface area contributed by atoms with Crippen LogP contribution < -0.4 is 10.1 Å². The summed E-state index contributed by atoms with van der Waals surface area (Å²) in [5.41, 5.74) is 1.89. The maximum absolute atomic E-state index is 12.4. The molecule has 0 saturated heterocycles. The predicted octanol–water partition coefficient (Wildman–Crippen LogP) is 3.89. The van der Waals surface area contributed by atoms with E-state index >= 15 is 0 Å². The Morgan fingerprint density at radius 1 is 1.43 bits per heavy atom. The fourth-order valence-electron chi connectivity index (χ4n) is 2.00. The number of aryl methyl sites for hydroxylation is 2. The van der Waals surface area contributed by atoms with Crippen LogP contribution in [-0.2, 0) is 11.3 Å². The number of amides is 1. The lowest BCUT2D eigenvalue weighted by atomic mass is 10.2. The summed E-state index contributed by atoms with van der Waals surface area (Å²) in [6.45, 7) is 1.07. The van der Waals surface area contributed by atoms with Crippen molar-refractivity contribution in [1.29, 1.82) is 0 Å². The van der Waals surface area contributed by atoms with Crippen LogP contribution in [0, 0.1) is 13.8 Å². The summed E-state index contributed by atoms with van der Waals surface area (Å²) in [5, 5.41) is 6.72. The topological polar surface area (TPSA) is 56.2 Å². The number of alkyl halides is 2. The number of aromatic nitrogens is 2. The lowest BCUT2D eigenvalue weighted by molar-refractivity contribution is -0.116. The summed E-state index contributed by atoms with van der Waals surface area (Å²) < 4.78 is 31.9. The molecule has 5 nitrogen and oxygen atoms in total. The number of carbonyl (C=O) groups is 1. The molecule has 0 aliphatic heterocycles. The van der Waals surface area contributed by atoms with Crippen LogP contribution >= 0.6 is 15.9 Å². The van der Waals surface area contributed by atoms with E-state index in [9.17, 15) is 13.6 Å². The normalized spacial score (nSPS) is 10.9. The van der Waals surface area contributed by atoms with Crippen LogP contribution in [-0.4, -0.2) is 22.3 Å². The van der Waals surface area contributed by atoms with Gasteiger partial charge in [0.1, 0.15) is 5.75 Å². The second-order valence-corrected chi connectivity index (χ2v) is 5.83. The zero-order chi connectivity index (χ0) is 17.0. The number of rotatable bonds is 6. The van der Waals surface area contributed by atoms with Gasteiger partial charge in [0.2, 0.25) is 5.91 Å². The van der Waals surface area contributed by atoms with Crippen molar-refractivity contribution in [3.8, 4) is 5.75 Å². The highest BCUT2D eigenvalue weighted by Crippen LogP contribution is 2.27. The van der Waals surface area contributed by atoms with Crippen LogP contribution in [0.5, 0.6) is 5.75 Å². The Kier molecular flexibility index (Phi) is 5.70. The molecule has 0 saturated carbocycles. The highest BCUT2D eigenvalue weighted by atomic mass is 79.9. The van der Waals surface area contributed by atoms with Crippen LogP contribution in [0.2, 0.25) is 0 Å². The molecule has 23 heavy (non-hydrogen) atoms. The molecule has 0 aliphatic carbocycles. The summed E-state index contributed by atoms with van der Waals surface area (Å²) in [6.07, 6.45) is 1.82. The van der Waals surface area contributed by atoms with E-state index in [1.165, 1.54) is 6.07 Å². The second-order valence-electron chi connectivity index (χ2n) is 4.98. The molecule has 2 aromatic rings. The molecular weight excluding hydrogens is 372 g/mol. The molecule has 0 aliphatic rings. The summed E-state index contributed by atoms with van der Waals surface area (Å²) in [5.74, 6) is -0.356. The Balaban J connectivity index is 2.01. The average Bonchev–Trinajstić information content (AvgIpc) is 2.79. The average molecular weight is 388 g/mol. The molecule has 1 aromatic carbocycles. The number of ether oxygens (including phenoxy) is 1. The quantitative estimate of drug-likeness (QED) is 0.817. The van der Waals surface area contributed by atoms with E-state index in [0.29, 0.717) is 6.54 Å². The Hall–Kier alpha value is -1.96. The van der Waals surface area contributed by atoms with Crippen molar-refractivity contribution in [1.82, 2.24) is 9.78 Å². The number of benzene rings is 1. The van der Waals surface area contributed by atoms with Gasteiger partial charge >= 0.3 is 6.61 Å². The number of halogens is 3. The minimum absolute atomic E-state index is 0.0497. The number of hydrogen-bond donors (Lipinski definition) is 1. The van der Waals surface area contributed by atoms with E-state index in [0.717, 1.165) is 15.7 Å². The van der Waals surface area contributed by atoms with Crippen LogP contribution in [0.3, 0.4) is 0 Å². The van der Waals surface area contributed by atoms with Gasteiger partial charge in [0, 0.05) is 12.1 Å². The molecule has 1 N–H and O–H groups in total. The lowest BCUT2D eigenvalue weighted by Gasteiger charge is -2.13. The van der Waals surface area contributed by atoms with Gasteiger partial charge in [0.25, 0.3) is 0 Å². The zero-order valence-electron chi connectivity index (χ0n) is 12.6. The third-order valence-corrected chi connectivity index (χ3v) is 4.00. The fourth-order valence-corrected chi connectivity index (χ4v) is 2.29. The minimum atomic E-state index is -2.95. The number of anilines is 1. The molecule has 1 aromatic heterocycles. The van der Waals surface area contributed by atoms with Gasteiger partial charge in [-0.05, 0) is 47.5 Å². The van der Waals surface area contributed by atoms with Gasteiger partial charge in [-0.15, -0.1) is 0 Å². The van der Waals surface area contributed by atoms with Gasteiger partial charge in [-0.25, -0.2) is 0 Å². The largest absolute Gasteiger partial charge is 0.433 e. The van der Waals surface area contributed by atoms with Crippen LogP contribution in [0.4, 0.5) is 14.5 Å². The first-order valence-corrected chi connectivity index (χ1v) is 7.69. The van der Waals surface area contributed by atoms with Gasteiger partial charge in [-0.1, -0.05) is 6.07 Å². The van der Waals surface area contributed by atoms with Crippen molar-refractivity contribution in [2.45, 2.75) is 33.4 Å². The lowest BCUT2D eigenvalue weighted by Crippen LogP contribution is -2.16. The van der Waals surface area contributed by atoms with E-state index in [-0.39, 0.29) is 23.8 Å². The summed E-state index contributed by atoms with van der Waals surface area (Å²) in [6, 6.07) is 4.71. The van der Waals surface area contributed by atoms with Crippen molar-refractivity contribution in [2.75, 3.05) is 5.32 Å². The number of carbonyl (C=O) groups excluding carboxylic acids is 1. The fraction of sp³-hybridized carbons (Fsp3) is 0.333. The summed E-state index contributed by atoms with van der Waals surface area (Å²) >= 11 is 3.34. The van der Waals surface area contributed by atoms with Gasteiger partial charge in [-0.2, -0.15) is 13.9 Å². The van der Waals surface area contributed by atoms with Crippen molar-refractivity contribution in [2.24, 2.45) is 0 Å². The highest BCUT2D eigenvalue weighted by Gasteiger charge is 2.13. The third-order valence-electron chi connectivity index (χ3n) is 3.22. The molecule has 1 heterocycles. The molecule has 0 radical (unpaired) electrons. The molecule has 0 bridgehead atoms. The van der Waals surface area contributed by atoms with E-state index in [1.54, 1.807) is 29.9 Å². The van der Waals surface area contributed by atoms with Gasteiger partial charge < -0.3 is 10.1 Å². The highest BCUT2D eigenvalue weighted by molar-refractivity contribution is 9.10. The molecule has 8 heteroatoms. The third kappa shape index (κ3) is 4.75. The van der Waals surface area contributed by atoms with Crippen LogP contribution in [0.25, 0.3) is 0 Å². The molecule has 1 amide bonds. The summed E-state index contributed by atoms with van der Waals surface area (Å²) in [4.78, 5) is 12.0. The first kappa shape index (κ1) is 17.4. The first-order chi connectivity index (χ1) is 10.9. The van der Waals surface area contributed by atoms with Crippen molar-refractivity contribution < 1.29 is 18.3 Å². The predicted molar refractivity (Wildman–Crippen MR) is 85.7 cm³/mol.